The molecule has 1 N–H and O–H groups in total. The van der Waals surface area contributed by atoms with Gasteiger partial charge < -0.3 is 19.7 Å². The van der Waals surface area contributed by atoms with Gasteiger partial charge in [-0.25, -0.2) is 9.97 Å². The Morgan fingerprint density at radius 3 is 2.95 bits per heavy atom. The molecule has 2 heterocycles. The molecule has 0 bridgehead atoms. The second kappa shape index (κ2) is 8.14. The monoisotopic (exact) mass is 294 g/mol. The van der Waals surface area contributed by atoms with Crippen molar-refractivity contribution in [3.8, 4) is 0 Å². The summed E-state index contributed by atoms with van der Waals surface area (Å²) < 4.78 is 11.1. The highest BCUT2D eigenvalue weighted by Crippen LogP contribution is 2.19. The zero-order valence-electron chi connectivity index (χ0n) is 13.3. The Balaban J connectivity index is 2.09. The number of hydrogen-bond acceptors (Lipinski definition) is 6. The van der Waals surface area contributed by atoms with E-state index >= 15 is 0 Å². The molecule has 0 amide bonds. The molecule has 0 radical (unpaired) electrons. The fourth-order valence-corrected chi connectivity index (χ4v) is 2.40. The Kier molecular flexibility index (Phi) is 6.20. The number of ether oxygens (including phenoxy) is 2. The highest BCUT2D eigenvalue weighted by Gasteiger charge is 2.19. The first kappa shape index (κ1) is 16.0. The molecule has 118 valence electrons. The Morgan fingerprint density at radius 1 is 1.43 bits per heavy atom. The van der Waals surface area contributed by atoms with Crippen LogP contribution >= 0.6 is 0 Å². The molecular formula is C15H26N4O2. The molecular weight excluding hydrogens is 268 g/mol. The SMILES string of the molecule is CCNc1cc(N(C)CC2CCCO2)nc(COCC)n1. The van der Waals surface area contributed by atoms with Crippen LogP contribution in [0.15, 0.2) is 6.07 Å². The van der Waals surface area contributed by atoms with E-state index in [-0.39, 0.29) is 0 Å². The van der Waals surface area contributed by atoms with Crippen molar-refractivity contribution in [3.63, 3.8) is 0 Å². The lowest BCUT2D eigenvalue weighted by Gasteiger charge is -2.22. The smallest absolute Gasteiger partial charge is 0.158 e. The van der Waals surface area contributed by atoms with E-state index in [1.165, 1.54) is 0 Å². The van der Waals surface area contributed by atoms with Gasteiger partial charge in [-0.3, -0.25) is 0 Å². The standard InChI is InChI=1S/C15H26N4O2/c1-4-16-13-9-15(18-14(17-13)11-20-5-2)19(3)10-12-7-6-8-21-12/h9,12H,4-8,10-11H2,1-3H3,(H,16,17,18). The zero-order valence-corrected chi connectivity index (χ0v) is 13.3. The average molecular weight is 294 g/mol. The third kappa shape index (κ3) is 4.82. The van der Waals surface area contributed by atoms with E-state index in [0.29, 0.717) is 25.1 Å². The molecule has 6 nitrogen and oxygen atoms in total. The molecule has 1 aromatic rings. The predicted molar refractivity (Wildman–Crippen MR) is 83.8 cm³/mol. The van der Waals surface area contributed by atoms with Gasteiger partial charge in [0.05, 0.1) is 6.10 Å². The Labute approximate surface area is 126 Å². The minimum absolute atomic E-state index is 0.308. The number of aromatic nitrogens is 2. The summed E-state index contributed by atoms with van der Waals surface area (Å²) in [5.41, 5.74) is 0. The largest absolute Gasteiger partial charge is 0.376 e. The van der Waals surface area contributed by atoms with Crippen LogP contribution in [0, 0.1) is 0 Å². The van der Waals surface area contributed by atoms with Crippen LogP contribution in [0.1, 0.15) is 32.5 Å². The first-order valence-electron chi connectivity index (χ1n) is 7.75. The van der Waals surface area contributed by atoms with Gasteiger partial charge in [0.25, 0.3) is 0 Å². The normalized spacial score (nSPS) is 18.0. The van der Waals surface area contributed by atoms with E-state index in [9.17, 15) is 0 Å². The molecule has 0 aromatic carbocycles. The van der Waals surface area contributed by atoms with Crippen molar-refractivity contribution in [1.29, 1.82) is 0 Å². The first-order chi connectivity index (χ1) is 10.2. The lowest BCUT2D eigenvalue weighted by atomic mass is 10.2. The molecule has 1 aliphatic rings. The fraction of sp³-hybridized carbons (Fsp3) is 0.733. The minimum Gasteiger partial charge on any atom is -0.376 e. The number of anilines is 2. The fourth-order valence-electron chi connectivity index (χ4n) is 2.40. The summed E-state index contributed by atoms with van der Waals surface area (Å²) in [7, 11) is 2.05. The van der Waals surface area contributed by atoms with E-state index in [1.807, 2.05) is 20.0 Å². The summed E-state index contributed by atoms with van der Waals surface area (Å²) in [5.74, 6) is 2.46. The third-order valence-electron chi connectivity index (χ3n) is 3.44. The van der Waals surface area contributed by atoms with Gasteiger partial charge in [-0.05, 0) is 26.7 Å². The Hall–Kier alpha value is -1.40. The second-order valence-corrected chi connectivity index (χ2v) is 5.21. The van der Waals surface area contributed by atoms with Crippen molar-refractivity contribution in [3.05, 3.63) is 11.9 Å². The van der Waals surface area contributed by atoms with Gasteiger partial charge in [0.15, 0.2) is 5.82 Å². The van der Waals surface area contributed by atoms with Gasteiger partial charge >= 0.3 is 0 Å². The van der Waals surface area contributed by atoms with Crippen molar-refractivity contribution in [1.82, 2.24) is 9.97 Å². The number of likely N-dealkylation sites (N-methyl/N-ethyl adjacent to an activating group) is 1. The van der Waals surface area contributed by atoms with E-state index in [4.69, 9.17) is 9.47 Å². The van der Waals surface area contributed by atoms with Crippen molar-refractivity contribution < 1.29 is 9.47 Å². The molecule has 0 spiro atoms. The maximum absolute atomic E-state index is 5.69. The van der Waals surface area contributed by atoms with Crippen molar-refractivity contribution in [2.45, 2.75) is 39.4 Å². The molecule has 1 fully saturated rings. The Bertz CT molecular complexity index is 436. The molecule has 1 unspecified atom stereocenters. The van der Waals surface area contributed by atoms with E-state index in [0.717, 1.165) is 44.2 Å². The average Bonchev–Trinajstić information content (AvgIpc) is 2.98. The molecule has 1 aliphatic heterocycles. The third-order valence-corrected chi connectivity index (χ3v) is 3.44. The maximum Gasteiger partial charge on any atom is 0.158 e. The molecule has 0 aliphatic carbocycles. The van der Waals surface area contributed by atoms with Gasteiger partial charge in [-0.1, -0.05) is 0 Å². The van der Waals surface area contributed by atoms with Crippen molar-refractivity contribution >= 4 is 11.6 Å². The maximum atomic E-state index is 5.69. The Morgan fingerprint density at radius 2 is 2.29 bits per heavy atom. The number of nitrogens with zero attached hydrogens (tertiary/aromatic N) is 3. The van der Waals surface area contributed by atoms with Crippen LogP contribution in [0.3, 0.4) is 0 Å². The molecule has 0 saturated carbocycles. The van der Waals surface area contributed by atoms with Gasteiger partial charge in [-0.15, -0.1) is 0 Å². The van der Waals surface area contributed by atoms with E-state index < -0.39 is 0 Å². The van der Waals surface area contributed by atoms with Crippen LogP contribution in [-0.4, -0.2) is 49.4 Å². The molecule has 1 saturated heterocycles. The van der Waals surface area contributed by atoms with E-state index in [2.05, 4.69) is 27.1 Å². The van der Waals surface area contributed by atoms with Gasteiger partial charge in [0, 0.05) is 39.4 Å². The second-order valence-electron chi connectivity index (χ2n) is 5.21. The summed E-state index contributed by atoms with van der Waals surface area (Å²) in [6.07, 6.45) is 2.59. The molecule has 2 rings (SSSR count). The lowest BCUT2D eigenvalue weighted by molar-refractivity contribution is 0.116. The van der Waals surface area contributed by atoms with Crippen molar-refractivity contribution in [2.24, 2.45) is 0 Å². The van der Waals surface area contributed by atoms with Gasteiger partial charge in [0.1, 0.15) is 18.2 Å². The molecule has 6 heteroatoms. The van der Waals surface area contributed by atoms with E-state index in [1.54, 1.807) is 0 Å². The van der Waals surface area contributed by atoms with Crippen LogP contribution in [0.2, 0.25) is 0 Å². The van der Waals surface area contributed by atoms with Crippen LogP contribution in [0.4, 0.5) is 11.6 Å². The molecule has 21 heavy (non-hydrogen) atoms. The summed E-state index contributed by atoms with van der Waals surface area (Å²) in [6, 6.07) is 1.98. The van der Waals surface area contributed by atoms with Crippen LogP contribution < -0.4 is 10.2 Å². The lowest BCUT2D eigenvalue weighted by Crippen LogP contribution is -2.29. The molecule has 1 atom stereocenters. The van der Waals surface area contributed by atoms with Gasteiger partial charge in [0.2, 0.25) is 0 Å². The number of rotatable bonds is 8. The zero-order chi connectivity index (χ0) is 15.1. The van der Waals surface area contributed by atoms with Crippen LogP contribution in [-0.2, 0) is 16.1 Å². The minimum atomic E-state index is 0.308. The van der Waals surface area contributed by atoms with Crippen molar-refractivity contribution in [2.75, 3.05) is 43.6 Å². The highest BCUT2D eigenvalue weighted by molar-refractivity contribution is 5.49. The predicted octanol–water partition coefficient (Wildman–Crippen LogP) is 2.06. The van der Waals surface area contributed by atoms with Crippen LogP contribution in [0.5, 0.6) is 0 Å². The summed E-state index contributed by atoms with van der Waals surface area (Å²) in [5, 5.41) is 3.25. The summed E-state index contributed by atoms with van der Waals surface area (Å²) >= 11 is 0. The van der Waals surface area contributed by atoms with Crippen LogP contribution in [0.25, 0.3) is 0 Å². The first-order valence-corrected chi connectivity index (χ1v) is 7.75. The summed E-state index contributed by atoms with van der Waals surface area (Å²) in [4.78, 5) is 11.2. The number of nitrogens with one attached hydrogen (secondary N) is 1. The topological polar surface area (TPSA) is 59.5 Å². The quantitative estimate of drug-likeness (QED) is 0.792. The number of hydrogen-bond donors (Lipinski definition) is 1. The highest BCUT2D eigenvalue weighted by atomic mass is 16.5. The van der Waals surface area contributed by atoms with Gasteiger partial charge in [-0.2, -0.15) is 0 Å². The molecule has 1 aromatic heterocycles. The summed E-state index contributed by atoms with van der Waals surface area (Å²) in [6.45, 7) is 7.70.